The number of hydrogen-bond acceptors (Lipinski definition) is 2. The normalized spacial score (nSPS) is 12.4. The van der Waals surface area contributed by atoms with Crippen LogP contribution in [0.4, 0.5) is 34.1 Å². The van der Waals surface area contributed by atoms with Gasteiger partial charge in [0.1, 0.15) is 0 Å². The molecule has 1 aliphatic carbocycles. The Morgan fingerprint density at radius 1 is 0.271 bits per heavy atom. The van der Waals surface area contributed by atoms with Crippen molar-refractivity contribution in [3.05, 3.63) is 242 Å². The van der Waals surface area contributed by atoms with Gasteiger partial charge in [-0.2, -0.15) is 0 Å². The lowest BCUT2D eigenvalue weighted by Gasteiger charge is -2.32. The Bertz CT molecular complexity index is 2830. The zero-order valence-corrected chi connectivity index (χ0v) is 33.3. The van der Waals surface area contributed by atoms with Gasteiger partial charge >= 0.3 is 0 Å². The fourth-order valence-corrected chi connectivity index (χ4v) is 8.92. The summed E-state index contributed by atoms with van der Waals surface area (Å²) in [5.74, 6) is 0. The molecule has 0 saturated heterocycles. The average molecular weight is 757 g/mol. The van der Waals surface area contributed by atoms with E-state index >= 15 is 0 Å². The Morgan fingerprint density at radius 3 is 1.31 bits per heavy atom. The lowest BCUT2D eigenvalue weighted by molar-refractivity contribution is 0.660. The van der Waals surface area contributed by atoms with Crippen molar-refractivity contribution in [2.24, 2.45) is 0 Å². The van der Waals surface area contributed by atoms with Crippen LogP contribution >= 0.6 is 0 Å². The van der Waals surface area contributed by atoms with Gasteiger partial charge in [-0.05, 0) is 111 Å². The fourth-order valence-electron chi connectivity index (χ4n) is 8.92. The molecule has 2 heteroatoms. The summed E-state index contributed by atoms with van der Waals surface area (Å²) in [5.41, 5.74) is 18.8. The van der Waals surface area contributed by atoms with Crippen LogP contribution in [0.5, 0.6) is 0 Å². The van der Waals surface area contributed by atoms with Crippen LogP contribution in [0.15, 0.2) is 231 Å². The maximum absolute atomic E-state index is 2.49. The fraction of sp³-hybridized carbons (Fsp3) is 0.0526. The third kappa shape index (κ3) is 6.59. The summed E-state index contributed by atoms with van der Waals surface area (Å²) in [7, 11) is 0. The summed E-state index contributed by atoms with van der Waals surface area (Å²) in [6, 6.07) is 83.5. The standard InChI is InChI=1S/C57H44N2/c1-57(2)53-29-17-15-28-50(53)52-39-51(44-33-37-47(38-34-44)58(45-23-11-5-12-24-45)46-25-13-6-14-26-46)56(40-54(52)57)59(48-35-31-42(32-36-48)41-19-7-3-8-20-41)55-30-18-16-27-49(55)43-21-9-4-10-22-43/h3-40H,1-2H3. The van der Waals surface area contributed by atoms with Crippen LogP contribution in [-0.4, -0.2) is 0 Å². The molecule has 0 atom stereocenters. The minimum atomic E-state index is -0.184. The van der Waals surface area contributed by atoms with Crippen molar-refractivity contribution in [2.45, 2.75) is 19.3 Å². The topological polar surface area (TPSA) is 6.48 Å². The second-order valence-electron chi connectivity index (χ2n) is 15.8. The van der Waals surface area contributed by atoms with E-state index in [2.05, 4.69) is 254 Å². The molecule has 282 valence electrons. The van der Waals surface area contributed by atoms with E-state index in [0.717, 1.165) is 39.7 Å². The van der Waals surface area contributed by atoms with Gasteiger partial charge in [-0.3, -0.25) is 0 Å². The lowest BCUT2D eigenvalue weighted by Crippen LogP contribution is -2.17. The summed E-state index contributed by atoms with van der Waals surface area (Å²) in [5, 5.41) is 0. The maximum Gasteiger partial charge on any atom is 0.0543 e. The van der Waals surface area contributed by atoms with Crippen molar-refractivity contribution in [3.63, 3.8) is 0 Å². The molecule has 9 aromatic carbocycles. The van der Waals surface area contributed by atoms with Gasteiger partial charge in [0.25, 0.3) is 0 Å². The highest BCUT2D eigenvalue weighted by Crippen LogP contribution is 2.54. The largest absolute Gasteiger partial charge is 0.311 e. The summed E-state index contributed by atoms with van der Waals surface area (Å²) in [6.07, 6.45) is 0. The Labute approximate surface area is 347 Å². The molecular weight excluding hydrogens is 713 g/mol. The van der Waals surface area contributed by atoms with E-state index in [4.69, 9.17) is 0 Å². The quantitative estimate of drug-likeness (QED) is 0.145. The van der Waals surface area contributed by atoms with E-state index in [1.165, 1.54) is 50.1 Å². The number of para-hydroxylation sites is 3. The highest BCUT2D eigenvalue weighted by atomic mass is 15.2. The van der Waals surface area contributed by atoms with E-state index in [9.17, 15) is 0 Å². The van der Waals surface area contributed by atoms with Gasteiger partial charge < -0.3 is 9.80 Å². The molecule has 2 nitrogen and oxygen atoms in total. The molecule has 9 aromatic rings. The van der Waals surface area contributed by atoms with E-state index in [1.807, 2.05) is 0 Å². The van der Waals surface area contributed by atoms with Crippen LogP contribution in [0.1, 0.15) is 25.0 Å². The van der Waals surface area contributed by atoms with Crippen LogP contribution < -0.4 is 9.80 Å². The molecule has 0 aromatic heterocycles. The molecule has 0 spiro atoms. The molecule has 0 unspecified atom stereocenters. The Kier molecular flexibility index (Phi) is 9.24. The van der Waals surface area contributed by atoms with Crippen LogP contribution in [0.3, 0.4) is 0 Å². The Balaban J connectivity index is 1.21. The highest BCUT2D eigenvalue weighted by molar-refractivity contribution is 5.98. The molecule has 0 amide bonds. The minimum absolute atomic E-state index is 0.184. The number of fused-ring (bicyclic) bond motifs is 3. The second kappa shape index (κ2) is 15.2. The Morgan fingerprint density at radius 2 is 0.695 bits per heavy atom. The van der Waals surface area contributed by atoms with Crippen molar-refractivity contribution in [2.75, 3.05) is 9.80 Å². The number of hydrogen-bond donors (Lipinski definition) is 0. The molecule has 0 N–H and O–H groups in total. The first-order valence-electron chi connectivity index (χ1n) is 20.4. The SMILES string of the molecule is CC1(C)c2ccccc2-c2cc(-c3ccc(N(c4ccccc4)c4ccccc4)cc3)c(N(c3ccc(-c4ccccc4)cc3)c3ccccc3-c3ccccc3)cc21. The number of nitrogens with zero attached hydrogens (tertiary/aromatic N) is 2. The molecule has 1 aliphatic rings. The molecule has 0 bridgehead atoms. The third-order valence-corrected chi connectivity index (χ3v) is 11.9. The summed E-state index contributed by atoms with van der Waals surface area (Å²) < 4.78 is 0. The zero-order chi connectivity index (χ0) is 39.8. The second-order valence-corrected chi connectivity index (χ2v) is 15.8. The molecule has 59 heavy (non-hydrogen) atoms. The smallest absolute Gasteiger partial charge is 0.0543 e. The number of anilines is 6. The van der Waals surface area contributed by atoms with Gasteiger partial charge in [0.2, 0.25) is 0 Å². The first-order chi connectivity index (χ1) is 29.0. The van der Waals surface area contributed by atoms with Crippen LogP contribution in [0.25, 0.3) is 44.5 Å². The number of benzene rings is 9. The van der Waals surface area contributed by atoms with Crippen LogP contribution in [0, 0.1) is 0 Å². The summed E-state index contributed by atoms with van der Waals surface area (Å²) in [6.45, 7) is 4.74. The minimum Gasteiger partial charge on any atom is -0.311 e. The van der Waals surface area contributed by atoms with Crippen molar-refractivity contribution in [3.8, 4) is 44.5 Å². The molecular formula is C57H44N2. The van der Waals surface area contributed by atoms with Crippen molar-refractivity contribution in [1.29, 1.82) is 0 Å². The molecule has 0 fully saturated rings. The Hall–Kier alpha value is -7.42. The molecule has 0 saturated carbocycles. The van der Waals surface area contributed by atoms with Crippen LogP contribution in [0.2, 0.25) is 0 Å². The summed E-state index contributed by atoms with van der Waals surface area (Å²) >= 11 is 0. The van der Waals surface area contributed by atoms with Gasteiger partial charge in [-0.25, -0.2) is 0 Å². The van der Waals surface area contributed by atoms with Gasteiger partial charge in [0.05, 0.1) is 11.4 Å². The highest BCUT2D eigenvalue weighted by Gasteiger charge is 2.37. The van der Waals surface area contributed by atoms with E-state index in [-0.39, 0.29) is 5.41 Å². The van der Waals surface area contributed by atoms with Crippen molar-refractivity contribution in [1.82, 2.24) is 0 Å². The predicted molar refractivity (Wildman–Crippen MR) is 250 cm³/mol. The summed E-state index contributed by atoms with van der Waals surface area (Å²) in [4.78, 5) is 4.81. The molecule has 10 rings (SSSR count). The van der Waals surface area contributed by atoms with Crippen molar-refractivity contribution >= 4 is 34.1 Å². The number of rotatable bonds is 9. The average Bonchev–Trinajstić information content (AvgIpc) is 3.53. The predicted octanol–water partition coefficient (Wildman–Crippen LogP) is 15.9. The van der Waals surface area contributed by atoms with E-state index in [1.54, 1.807) is 0 Å². The van der Waals surface area contributed by atoms with Gasteiger partial charge in [0, 0.05) is 39.3 Å². The first-order valence-corrected chi connectivity index (χ1v) is 20.4. The molecule has 0 radical (unpaired) electrons. The lowest BCUT2D eigenvalue weighted by atomic mass is 9.81. The monoisotopic (exact) mass is 756 g/mol. The van der Waals surface area contributed by atoms with E-state index < -0.39 is 0 Å². The van der Waals surface area contributed by atoms with E-state index in [0.29, 0.717) is 0 Å². The first kappa shape index (κ1) is 36.0. The maximum atomic E-state index is 2.49. The van der Waals surface area contributed by atoms with Crippen molar-refractivity contribution < 1.29 is 0 Å². The van der Waals surface area contributed by atoms with Gasteiger partial charge in [0.15, 0.2) is 0 Å². The molecule has 0 heterocycles. The zero-order valence-electron chi connectivity index (χ0n) is 33.3. The van der Waals surface area contributed by atoms with Crippen LogP contribution in [-0.2, 0) is 5.41 Å². The molecule has 0 aliphatic heterocycles. The van der Waals surface area contributed by atoms with Gasteiger partial charge in [-0.1, -0.05) is 178 Å². The third-order valence-electron chi connectivity index (χ3n) is 11.9. The van der Waals surface area contributed by atoms with Gasteiger partial charge in [-0.15, -0.1) is 0 Å².